The van der Waals surface area contributed by atoms with Crippen molar-refractivity contribution >= 4 is 11.0 Å². The summed E-state index contributed by atoms with van der Waals surface area (Å²) in [5.74, 6) is 2.28. The first kappa shape index (κ1) is 21.5. The molecule has 2 aromatic heterocycles. The smallest absolute Gasteiger partial charge is 0.416 e. The number of hydrogen-bond donors (Lipinski definition) is 1. The summed E-state index contributed by atoms with van der Waals surface area (Å²) < 4.78 is 54.8. The Labute approximate surface area is 191 Å². The number of ether oxygens (including phenoxy) is 2. The lowest BCUT2D eigenvalue weighted by molar-refractivity contribution is -0.137. The minimum Gasteiger partial charge on any atom is -0.493 e. The van der Waals surface area contributed by atoms with Crippen LogP contribution < -0.4 is 9.47 Å². The van der Waals surface area contributed by atoms with Crippen LogP contribution in [0.3, 0.4) is 0 Å². The number of alkyl halides is 3. The van der Waals surface area contributed by atoms with Crippen molar-refractivity contribution in [3.8, 4) is 45.7 Å². The minimum atomic E-state index is -4.42. The average molecular weight is 466 g/mol. The van der Waals surface area contributed by atoms with Gasteiger partial charge in [-0.15, -0.1) is 0 Å². The number of H-pyrrole nitrogens is 1. The molecule has 5 aromatic rings. The van der Waals surface area contributed by atoms with Gasteiger partial charge in [0, 0.05) is 16.7 Å². The molecule has 0 atom stereocenters. The van der Waals surface area contributed by atoms with E-state index in [1.165, 1.54) is 6.07 Å². The van der Waals surface area contributed by atoms with Gasteiger partial charge in [-0.3, -0.25) is 0 Å². The fourth-order valence-electron chi connectivity index (χ4n) is 3.52. The van der Waals surface area contributed by atoms with Crippen molar-refractivity contribution in [3.05, 3.63) is 66.2 Å². The number of hydrogen-bond acceptors (Lipinski definition) is 6. The largest absolute Gasteiger partial charge is 0.493 e. The van der Waals surface area contributed by atoms with Crippen molar-refractivity contribution in [2.24, 2.45) is 0 Å². The van der Waals surface area contributed by atoms with E-state index < -0.39 is 11.7 Å². The molecule has 0 saturated carbocycles. The lowest BCUT2D eigenvalue weighted by atomic mass is 10.1. The van der Waals surface area contributed by atoms with Crippen molar-refractivity contribution in [2.45, 2.75) is 6.18 Å². The SMILES string of the molecule is COc1ccc(-c2nc(-c3ccc(-c4nc5cc(C(F)(F)F)ccc5[nH]4)cc3)no2)cc1OC. The zero-order valence-electron chi connectivity index (χ0n) is 18.0. The van der Waals surface area contributed by atoms with Crippen molar-refractivity contribution in [2.75, 3.05) is 14.2 Å². The number of imidazole rings is 1. The van der Waals surface area contributed by atoms with E-state index in [9.17, 15) is 13.2 Å². The number of nitrogens with one attached hydrogen (secondary N) is 1. The molecule has 0 spiro atoms. The van der Waals surface area contributed by atoms with Gasteiger partial charge in [-0.1, -0.05) is 29.4 Å². The summed E-state index contributed by atoms with van der Waals surface area (Å²) in [6.45, 7) is 0. The molecule has 172 valence electrons. The first-order chi connectivity index (χ1) is 16.4. The van der Waals surface area contributed by atoms with Crippen molar-refractivity contribution in [1.82, 2.24) is 20.1 Å². The Morgan fingerprint density at radius 2 is 1.50 bits per heavy atom. The van der Waals surface area contributed by atoms with Crippen LogP contribution in [0.25, 0.3) is 45.3 Å². The van der Waals surface area contributed by atoms with E-state index in [4.69, 9.17) is 14.0 Å². The van der Waals surface area contributed by atoms with Crippen molar-refractivity contribution in [3.63, 3.8) is 0 Å². The number of benzene rings is 3. The van der Waals surface area contributed by atoms with E-state index in [0.29, 0.717) is 51.2 Å². The van der Waals surface area contributed by atoms with Crippen LogP contribution in [-0.4, -0.2) is 34.3 Å². The lowest BCUT2D eigenvalue weighted by Gasteiger charge is -2.07. The fourth-order valence-corrected chi connectivity index (χ4v) is 3.52. The van der Waals surface area contributed by atoms with E-state index in [-0.39, 0.29) is 5.52 Å². The molecular weight excluding hydrogens is 449 g/mol. The van der Waals surface area contributed by atoms with Crippen LogP contribution in [0.4, 0.5) is 13.2 Å². The van der Waals surface area contributed by atoms with E-state index in [0.717, 1.165) is 12.1 Å². The zero-order valence-corrected chi connectivity index (χ0v) is 18.0. The Balaban J connectivity index is 1.40. The number of methoxy groups -OCH3 is 2. The first-order valence-electron chi connectivity index (χ1n) is 10.1. The van der Waals surface area contributed by atoms with Gasteiger partial charge in [0.05, 0.1) is 30.8 Å². The maximum absolute atomic E-state index is 13.0. The van der Waals surface area contributed by atoms with Crippen LogP contribution in [0.5, 0.6) is 11.5 Å². The molecule has 0 aliphatic heterocycles. The van der Waals surface area contributed by atoms with Crippen molar-refractivity contribution in [1.29, 1.82) is 0 Å². The van der Waals surface area contributed by atoms with Crippen molar-refractivity contribution < 1.29 is 27.2 Å². The van der Waals surface area contributed by atoms with E-state index in [1.807, 2.05) is 0 Å². The predicted molar refractivity (Wildman–Crippen MR) is 118 cm³/mol. The monoisotopic (exact) mass is 466 g/mol. The van der Waals surface area contributed by atoms with Gasteiger partial charge in [-0.2, -0.15) is 18.2 Å². The van der Waals surface area contributed by atoms with Crippen LogP contribution >= 0.6 is 0 Å². The number of aromatic amines is 1. The highest BCUT2D eigenvalue weighted by atomic mass is 19.4. The third-order valence-electron chi connectivity index (χ3n) is 5.28. The summed E-state index contributed by atoms with van der Waals surface area (Å²) in [5.41, 5.74) is 2.10. The highest BCUT2D eigenvalue weighted by molar-refractivity contribution is 5.80. The molecule has 0 radical (unpaired) electrons. The molecule has 0 unspecified atom stereocenters. The Hall–Kier alpha value is -4.34. The quantitative estimate of drug-likeness (QED) is 0.343. The number of aromatic nitrogens is 4. The summed E-state index contributed by atoms with van der Waals surface area (Å²) in [7, 11) is 3.09. The molecule has 3 aromatic carbocycles. The van der Waals surface area contributed by atoms with Gasteiger partial charge < -0.3 is 19.0 Å². The molecule has 0 saturated heterocycles. The Kier molecular flexibility index (Phi) is 5.20. The van der Waals surface area contributed by atoms with Crippen LogP contribution in [0.15, 0.2) is 65.2 Å². The highest BCUT2D eigenvalue weighted by Gasteiger charge is 2.30. The summed E-state index contributed by atoms with van der Waals surface area (Å²) in [4.78, 5) is 11.8. The first-order valence-corrected chi connectivity index (χ1v) is 10.1. The zero-order chi connectivity index (χ0) is 23.9. The molecule has 5 rings (SSSR count). The van der Waals surface area contributed by atoms with Gasteiger partial charge >= 0.3 is 6.18 Å². The topological polar surface area (TPSA) is 86.1 Å². The number of fused-ring (bicyclic) bond motifs is 1. The summed E-state index contributed by atoms with van der Waals surface area (Å²) in [6.07, 6.45) is -4.42. The summed E-state index contributed by atoms with van der Waals surface area (Å²) in [5, 5.41) is 4.04. The van der Waals surface area contributed by atoms with E-state index >= 15 is 0 Å². The van der Waals surface area contributed by atoms with Crippen LogP contribution in [0.1, 0.15) is 5.56 Å². The summed E-state index contributed by atoms with van der Waals surface area (Å²) in [6, 6.07) is 15.8. The molecule has 0 aliphatic carbocycles. The predicted octanol–water partition coefficient (Wildman–Crippen LogP) is 5.98. The van der Waals surface area contributed by atoms with Gasteiger partial charge in [0.1, 0.15) is 5.82 Å². The molecule has 0 amide bonds. The fraction of sp³-hybridized carbons (Fsp3) is 0.125. The van der Waals surface area contributed by atoms with E-state index in [1.54, 1.807) is 56.7 Å². The molecule has 0 bridgehead atoms. The third kappa shape index (κ3) is 3.94. The van der Waals surface area contributed by atoms with Gasteiger partial charge in [-0.05, 0) is 36.4 Å². The molecule has 7 nitrogen and oxygen atoms in total. The second kappa shape index (κ2) is 8.22. The number of nitrogens with zero attached hydrogens (tertiary/aromatic N) is 3. The average Bonchev–Trinajstić information content (AvgIpc) is 3.50. The third-order valence-corrected chi connectivity index (χ3v) is 5.28. The Bertz CT molecular complexity index is 1470. The summed E-state index contributed by atoms with van der Waals surface area (Å²) >= 11 is 0. The van der Waals surface area contributed by atoms with Gasteiger partial charge in [0.25, 0.3) is 5.89 Å². The molecule has 10 heteroatoms. The molecular formula is C24H17F3N4O3. The Morgan fingerprint density at radius 3 is 2.21 bits per heavy atom. The maximum Gasteiger partial charge on any atom is 0.416 e. The second-order valence-corrected chi connectivity index (χ2v) is 7.39. The second-order valence-electron chi connectivity index (χ2n) is 7.39. The lowest BCUT2D eigenvalue weighted by Crippen LogP contribution is -2.04. The highest BCUT2D eigenvalue weighted by Crippen LogP contribution is 2.34. The molecule has 0 fully saturated rings. The maximum atomic E-state index is 13.0. The number of rotatable bonds is 5. The number of halogens is 3. The Morgan fingerprint density at radius 1 is 0.794 bits per heavy atom. The van der Waals surface area contributed by atoms with Gasteiger partial charge in [-0.25, -0.2) is 4.98 Å². The standard InChI is InChI=1S/C24H17F3N4O3/c1-32-19-10-7-15(11-20(19)33-2)23-30-22(31-34-23)14-5-3-13(4-6-14)21-28-17-9-8-16(24(25,26)27)12-18(17)29-21/h3-12H,1-2H3,(H,28,29). The van der Waals surface area contributed by atoms with Gasteiger partial charge in [0.15, 0.2) is 11.5 Å². The molecule has 2 heterocycles. The van der Waals surface area contributed by atoms with Gasteiger partial charge in [0.2, 0.25) is 5.82 Å². The van der Waals surface area contributed by atoms with Crippen LogP contribution in [0.2, 0.25) is 0 Å². The molecule has 34 heavy (non-hydrogen) atoms. The molecule has 1 N–H and O–H groups in total. The van der Waals surface area contributed by atoms with Crippen LogP contribution in [0, 0.1) is 0 Å². The normalized spacial score (nSPS) is 11.7. The van der Waals surface area contributed by atoms with E-state index in [2.05, 4.69) is 20.1 Å². The minimum absolute atomic E-state index is 0.242. The molecule has 0 aliphatic rings. The van der Waals surface area contributed by atoms with Crippen LogP contribution in [-0.2, 0) is 6.18 Å².